The van der Waals surface area contributed by atoms with Crippen LogP contribution in [0.5, 0.6) is 0 Å². The first-order chi connectivity index (χ1) is 13.1. The molecule has 0 spiro atoms. The van der Waals surface area contributed by atoms with Crippen molar-refractivity contribution >= 4 is 11.9 Å². The van der Waals surface area contributed by atoms with Crippen molar-refractivity contribution in [3.63, 3.8) is 0 Å². The molecule has 28 heavy (non-hydrogen) atoms. The fourth-order valence-electron chi connectivity index (χ4n) is 4.30. The van der Waals surface area contributed by atoms with Gasteiger partial charge >= 0.3 is 11.9 Å². The van der Waals surface area contributed by atoms with Crippen molar-refractivity contribution in [1.82, 2.24) is 0 Å². The highest BCUT2D eigenvalue weighted by molar-refractivity contribution is 5.86. The van der Waals surface area contributed by atoms with Crippen LogP contribution < -0.4 is 0 Å². The summed E-state index contributed by atoms with van der Waals surface area (Å²) in [5.74, 6) is -1.05. The minimum atomic E-state index is -1.33. The van der Waals surface area contributed by atoms with E-state index in [0.717, 1.165) is 12.8 Å². The van der Waals surface area contributed by atoms with E-state index in [-0.39, 0.29) is 0 Å². The van der Waals surface area contributed by atoms with Crippen molar-refractivity contribution in [2.45, 2.75) is 92.0 Å². The highest BCUT2D eigenvalue weighted by Crippen LogP contribution is 2.42. The zero-order valence-electron chi connectivity index (χ0n) is 17.8. The van der Waals surface area contributed by atoms with E-state index in [0.29, 0.717) is 23.8 Å². The number of carbonyl (C=O) groups excluding carboxylic acids is 2. The van der Waals surface area contributed by atoms with Crippen molar-refractivity contribution in [3.8, 4) is 0 Å². The molecule has 0 aromatic rings. The van der Waals surface area contributed by atoms with E-state index >= 15 is 0 Å². The minimum Gasteiger partial charge on any atom is -0.458 e. The van der Waals surface area contributed by atoms with Crippen LogP contribution in [0.4, 0.5) is 0 Å². The average molecular weight is 391 g/mol. The molecule has 1 aliphatic heterocycles. The highest BCUT2D eigenvalue weighted by atomic mass is 16.6. The smallest absolute Gasteiger partial charge is 0.333 e. The second-order valence-electron chi connectivity index (χ2n) is 8.66. The Labute approximate surface area is 168 Å². The molecule has 2 rings (SSSR count). The van der Waals surface area contributed by atoms with Crippen LogP contribution in [0.3, 0.4) is 0 Å². The molecule has 1 N–H and O–H groups in total. The summed E-state index contributed by atoms with van der Waals surface area (Å²) >= 11 is 0. The van der Waals surface area contributed by atoms with Gasteiger partial charge in [0.25, 0.3) is 0 Å². The largest absolute Gasteiger partial charge is 0.458 e. The van der Waals surface area contributed by atoms with Crippen molar-refractivity contribution in [3.05, 3.63) is 34.4 Å². The van der Waals surface area contributed by atoms with Gasteiger partial charge in [-0.05, 0) is 64.2 Å². The molecule has 156 valence electrons. The molecular formula is C23H34O5. The number of aliphatic hydroxyl groups excluding tert-OH is 1. The summed E-state index contributed by atoms with van der Waals surface area (Å²) in [6.45, 7) is 10.4. The van der Waals surface area contributed by atoms with Gasteiger partial charge in [0.15, 0.2) is 0 Å². The summed E-state index contributed by atoms with van der Waals surface area (Å²) in [4.78, 5) is 22.7. The van der Waals surface area contributed by atoms with Crippen LogP contribution in [0.2, 0.25) is 0 Å². The molecule has 2 aliphatic rings. The van der Waals surface area contributed by atoms with Crippen LogP contribution in [-0.4, -0.2) is 29.4 Å². The molecule has 0 saturated carbocycles. The first-order valence-corrected chi connectivity index (χ1v) is 10.2. The summed E-state index contributed by atoms with van der Waals surface area (Å²) < 4.78 is 10.0. The molecule has 2 atom stereocenters. The number of ether oxygens (including phenoxy) is 2. The Morgan fingerprint density at radius 2 is 2.14 bits per heavy atom. The van der Waals surface area contributed by atoms with Crippen molar-refractivity contribution in [2.24, 2.45) is 5.41 Å². The second kappa shape index (κ2) is 9.55. The van der Waals surface area contributed by atoms with Gasteiger partial charge in [-0.15, -0.1) is 0 Å². The maximum Gasteiger partial charge on any atom is 0.333 e. The molecule has 0 saturated heterocycles. The highest BCUT2D eigenvalue weighted by Gasteiger charge is 2.32. The summed E-state index contributed by atoms with van der Waals surface area (Å²) in [5, 5.41) is 9.83. The van der Waals surface area contributed by atoms with Gasteiger partial charge in [0.2, 0.25) is 6.29 Å². The van der Waals surface area contributed by atoms with Gasteiger partial charge in [0, 0.05) is 18.6 Å². The number of allylic oxidation sites excluding steroid dienone is 4. The summed E-state index contributed by atoms with van der Waals surface area (Å²) in [5.41, 5.74) is 5.05. The fraction of sp³-hybridized carbons (Fsp3) is 0.652. The lowest BCUT2D eigenvalue weighted by molar-refractivity contribution is -0.153. The van der Waals surface area contributed by atoms with E-state index in [2.05, 4.69) is 33.8 Å². The first kappa shape index (κ1) is 22.4. The lowest BCUT2D eigenvalue weighted by atomic mass is 9.71. The number of esters is 2. The average Bonchev–Trinajstić information content (AvgIpc) is 2.91. The molecule has 0 amide bonds. The number of hydrogen-bond acceptors (Lipinski definition) is 5. The van der Waals surface area contributed by atoms with Gasteiger partial charge in [0.1, 0.15) is 6.10 Å². The monoisotopic (exact) mass is 390 g/mol. The van der Waals surface area contributed by atoms with Gasteiger partial charge in [-0.1, -0.05) is 36.6 Å². The predicted molar refractivity (Wildman–Crippen MR) is 108 cm³/mol. The van der Waals surface area contributed by atoms with Gasteiger partial charge in [-0.25, -0.2) is 4.79 Å². The Hall–Kier alpha value is -1.88. The van der Waals surface area contributed by atoms with E-state index in [1.165, 1.54) is 37.8 Å². The van der Waals surface area contributed by atoms with E-state index in [1.54, 1.807) is 11.1 Å². The Bertz CT molecular complexity index is 696. The zero-order chi connectivity index (χ0) is 20.9. The van der Waals surface area contributed by atoms with Gasteiger partial charge < -0.3 is 14.6 Å². The van der Waals surface area contributed by atoms with E-state index in [1.807, 2.05) is 0 Å². The maximum atomic E-state index is 11.4. The normalized spacial score (nSPS) is 23.4. The topological polar surface area (TPSA) is 72.8 Å². The number of cyclic esters (lactones) is 1. The summed E-state index contributed by atoms with van der Waals surface area (Å²) in [6, 6.07) is 0. The predicted octanol–water partition coefficient (Wildman–Crippen LogP) is 4.75. The van der Waals surface area contributed by atoms with Gasteiger partial charge in [0.05, 0.1) is 0 Å². The third kappa shape index (κ3) is 6.06. The standard InChI is InChI=1S/C23H34O5/c1-15(11-12-19-16(2)9-7-13-23(19,4)5)8-6-10-20(27-17(3)24)18-14-21(25)28-22(18)26/h8,14,20,22,26H,6-7,9-13H2,1-5H3. The van der Waals surface area contributed by atoms with Crippen molar-refractivity contribution in [1.29, 1.82) is 0 Å². The molecule has 0 aromatic carbocycles. The molecule has 0 bridgehead atoms. The quantitative estimate of drug-likeness (QED) is 0.478. The third-order valence-corrected chi connectivity index (χ3v) is 5.85. The molecule has 1 heterocycles. The van der Waals surface area contributed by atoms with Crippen molar-refractivity contribution in [2.75, 3.05) is 0 Å². The summed E-state index contributed by atoms with van der Waals surface area (Å²) in [6.07, 6.45) is 8.45. The van der Waals surface area contributed by atoms with Crippen molar-refractivity contribution < 1.29 is 24.2 Å². The molecular weight excluding hydrogens is 356 g/mol. The molecule has 5 heteroatoms. The van der Waals surface area contributed by atoms with Crippen LogP contribution in [0.1, 0.15) is 79.6 Å². The molecule has 0 fully saturated rings. The maximum absolute atomic E-state index is 11.4. The molecule has 0 aromatic heterocycles. The van der Waals surface area contributed by atoms with E-state index in [9.17, 15) is 14.7 Å². The minimum absolute atomic E-state index is 0.292. The van der Waals surface area contributed by atoms with E-state index in [4.69, 9.17) is 9.47 Å². The second-order valence-corrected chi connectivity index (χ2v) is 8.66. The Kier molecular flexibility index (Phi) is 7.64. The van der Waals surface area contributed by atoms with Gasteiger partial charge in [-0.2, -0.15) is 0 Å². The molecule has 1 aliphatic carbocycles. The molecule has 2 unspecified atom stereocenters. The van der Waals surface area contributed by atoms with Crippen LogP contribution in [0.25, 0.3) is 0 Å². The number of rotatable bonds is 8. The molecule has 5 nitrogen and oxygen atoms in total. The number of carbonyl (C=O) groups is 2. The number of aliphatic hydroxyl groups is 1. The number of hydrogen-bond donors (Lipinski definition) is 1. The summed E-state index contributed by atoms with van der Waals surface area (Å²) in [7, 11) is 0. The van der Waals surface area contributed by atoms with Crippen LogP contribution in [0.15, 0.2) is 34.4 Å². The lowest BCUT2D eigenvalue weighted by Crippen LogP contribution is -2.25. The first-order valence-electron chi connectivity index (χ1n) is 10.2. The van der Waals surface area contributed by atoms with Crippen LogP contribution >= 0.6 is 0 Å². The Morgan fingerprint density at radius 1 is 1.43 bits per heavy atom. The van der Waals surface area contributed by atoms with Crippen LogP contribution in [-0.2, 0) is 19.1 Å². The molecule has 0 radical (unpaired) electrons. The Morgan fingerprint density at radius 3 is 2.71 bits per heavy atom. The SMILES string of the molecule is CC(=O)OC(CCC=C(C)CCC1=C(C)CCCC1(C)C)C1=CC(=O)OC1O. The zero-order valence-corrected chi connectivity index (χ0v) is 17.8. The third-order valence-electron chi connectivity index (χ3n) is 5.85. The lowest BCUT2D eigenvalue weighted by Gasteiger charge is -2.35. The van der Waals surface area contributed by atoms with Gasteiger partial charge in [-0.3, -0.25) is 4.79 Å². The fourth-order valence-corrected chi connectivity index (χ4v) is 4.30. The van der Waals surface area contributed by atoms with Crippen LogP contribution in [0, 0.1) is 5.41 Å². The van der Waals surface area contributed by atoms with E-state index < -0.39 is 24.3 Å². The Balaban J connectivity index is 1.93.